The summed E-state index contributed by atoms with van der Waals surface area (Å²) in [4.78, 5) is 23.8. The van der Waals surface area contributed by atoms with Gasteiger partial charge in [-0.2, -0.15) is 0 Å². The normalized spacial score (nSPS) is 21.3. The molecule has 124 valence electrons. The molecule has 2 aromatic rings. The molecule has 4 rings (SSSR count). The monoisotopic (exact) mass is 321 g/mol. The van der Waals surface area contributed by atoms with E-state index >= 15 is 0 Å². The Morgan fingerprint density at radius 3 is 2.62 bits per heavy atom. The highest BCUT2D eigenvalue weighted by Gasteiger charge is 2.32. The second-order valence-corrected chi connectivity index (χ2v) is 6.92. The van der Waals surface area contributed by atoms with Gasteiger partial charge >= 0.3 is 0 Å². The Labute approximate surface area is 142 Å². The highest BCUT2D eigenvalue weighted by atomic mass is 16.2. The molecule has 24 heavy (non-hydrogen) atoms. The van der Waals surface area contributed by atoms with Gasteiger partial charge in [0.2, 0.25) is 5.91 Å². The van der Waals surface area contributed by atoms with Gasteiger partial charge in [0.1, 0.15) is 0 Å². The maximum absolute atomic E-state index is 12.5. The van der Waals surface area contributed by atoms with Crippen molar-refractivity contribution in [2.75, 3.05) is 13.1 Å². The van der Waals surface area contributed by atoms with Crippen LogP contribution in [-0.2, 0) is 4.79 Å². The maximum Gasteiger partial charge on any atom is 0.225 e. The fraction of sp³-hybridized carbons (Fsp3) is 0.450. The Hall–Kier alpha value is -2.23. The Bertz CT molecular complexity index is 712. The van der Waals surface area contributed by atoms with Gasteiger partial charge in [-0.05, 0) is 31.7 Å². The van der Waals surface area contributed by atoms with Crippen molar-refractivity contribution in [1.29, 1.82) is 0 Å². The van der Waals surface area contributed by atoms with Gasteiger partial charge in [-0.1, -0.05) is 36.8 Å². The predicted molar refractivity (Wildman–Crippen MR) is 93.4 cm³/mol. The summed E-state index contributed by atoms with van der Waals surface area (Å²) in [6, 6.07) is 12.1. The molecule has 1 saturated carbocycles. The lowest BCUT2D eigenvalue weighted by Gasteiger charge is -2.37. The molecule has 4 nitrogen and oxygen atoms in total. The summed E-state index contributed by atoms with van der Waals surface area (Å²) < 4.78 is 0. The first kappa shape index (κ1) is 15.3. The van der Waals surface area contributed by atoms with Gasteiger partial charge in [0.25, 0.3) is 0 Å². The number of benzene rings is 1. The topological polar surface area (TPSA) is 46.1 Å². The fourth-order valence-electron chi connectivity index (χ4n) is 3.66. The van der Waals surface area contributed by atoms with E-state index in [4.69, 9.17) is 4.98 Å². The van der Waals surface area contributed by atoms with Crippen molar-refractivity contribution >= 4 is 5.91 Å². The Balaban J connectivity index is 1.52. The first-order valence-electron chi connectivity index (χ1n) is 8.98. The van der Waals surface area contributed by atoms with E-state index < -0.39 is 0 Å². The summed E-state index contributed by atoms with van der Waals surface area (Å²) in [6.45, 7) is 1.71. The van der Waals surface area contributed by atoms with Gasteiger partial charge in [0.05, 0.1) is 0 Å². The lowest BCUT2D eigenvalue weighted by Crippen LogP contribution is -2.44. The number of aromatic nitrogens is 2. The molecule has 0 unspecified atom stereocenters. The minimum Gasteiger partial charge on any atom is -0.342 e. The number of amides is 1. The van der Waals surface area contributed by atoms with E-state index in [0.717, 1.165) is 55.9 Å². The van der Waals surface area contributed by atoms with Crippen molar-refractivity contribution in [2.24, 2.45) is 5.92 Å². The number of carbonyl (C=O) groups excluding carboxylic acids is 1. The maximum atomic E-state index is 12.5. The van der Waals surface area contributed by atoms with E-state index in [2.05, 4.69) is 9.88 Å². The van der Waals surface area contributed by atoms with Crippen molar-refractivity contribution in [3.63, 3.8) is 0 Å². The van der Waals surface area contributed by atoms with E-state index in [1.807, 2.05) is 42.6 Å². The van der Waals surface area contributed by atoms with Crippen molar-refractivity contribution in [3.05, 3.63) is 48.3 Å². The number of rotatable bonds is 3. The first-order valence-corrected chi connectivity index (χ1v) is 8.98. The molecule has 1 aliphatic heterocycles. The predicted octanol–water partition coefficient (Wildman–Crippen LogP) is 3.65. The average Bonchev–Trinajstić information content (AvgIpc) is 2.61. The SMILES string of the molecule is O=C(C1CCC1)N1CCC[C@@H](c2ccnc(-c3ccccc3)n2)C1. The molecule has 1 atom stereocenters. The van der Waals surface area contributed by atoms with Gasteiger partial charge in [-0.15, -0.1) is 0 Å². The van der Waals surface area contributed by atoms with E-state index in [1.54, 1.807) is 0 Å². The van der Waals surface area contributed by atoms with Crippen LogP contribution in [0, 0.1) is 5.92 Å². The summed E-state index contributed by atoms with van der Waals surface area (Å²) in [7, 11) is 0. The number of hydrogen-bond acceptors (Lipinski definition) is 3. The Kier molecular flexibility index (Phi) is 4.28. The van der Waals surface area contributed by atoms with Gasteiger partial charge < -0.3 is 4.90 Å². The van der Waals surface area contributed by atoms with Crippen LogP contribution in [0.15, 0.2) is 42.6 Å². The molecular weight excluding hydrogens is 298 g/mol. The van der Waals surface area contributed by atoms with Crippen LogP contribution in [0.1, 0.15) is 43.7 Å². The lowest BCUT2D eigenvalue weighted by atomic mass is 9.83. The van der Waals surface area contributed by atoms with Crippen LogP contribution in [-0.4, -0.2) is 33.9 Å². The molecule has 1 saturated heterocycles. The Morgan fingerprint density at radius 2 is 1.88 bits per heavy atom. The summed E-state index contributed by atoms with van der Waals surface area (Å²) in [6.07, 6.45) is 7.36. The van der Waals surface area contributed by atoms with Crippen molar-refractivity contribution in [3.8, 4) is 11.4 Å². The first-order chi connectivity index (χ1) is 11.8. The minimum atomic E-state index is 0.286. The van der Waals surface area contributed by atoms with Crippen molar-refractivity contribution < 1.29 is 4.79 Å². The van der Waals surface area contributed by atoms with Gasteiger partial charge in [-0.25, -0.2) is 9.97 Å². The minimum absolute atomic E-state index is 0.286. The van der Waals surface area contributed by atoms with Crippen molar-refractivity contribution in [2.45, 2.75) is 38.0 Å². The molecule has 1 aromatic carbocycles. The molecule has 0 bridgehead atoms. The molecule has 2 fully saturated rings. The van der Waals surface area contributed by atoms with E-state index in [-0.39, 0.29) is 5.92 Å². The Morgan fingerprint density at radius 1 is 1.04 bits per heavy atom. The van der Waals surface area contributed by atoms with Gasteiger partial charge in [0, 0.05) is 42.4 Å². The van der Waals surface area contributed by atoms with E-state index in [0.29, 0.717) is 11.8 Å². The largest absolute Gasteiger partial charge is 0.342 e. The number of carbonyl (C=O) groups is 1. The number of nitrogens with zero attached hydrogens (tertiary/aromatic N) is 3. The molecule has 2 heterocycles. The fourth-order valence-corrected chi connectivity index (χ4v) is 3.66. The average molecular weight is 321 g/mol. The highest BCUT2D eigenvalue weighted by Crippen LogP contribution is 2.32. The molecule has 4 heteroatoms. The molecular formula is C20H23N3O. The van der Waals surface area contributed by atoms with Crippen LogP contribution in [0.25, 0.3) is 11.4 Å². The molecule has 0 radical (unpaired) electrons. The van der Waals surface area contributed by atoms with Crippen molar-refractivity contribution in [1.82, 2.24) is 14.9 Å². The zero-order valence-electron chi connectivity index (χ0n) is 13.9. The zero-order chi connectivity index (χ0) is 16.4. The quantitative estimate of drug-likeness (QED) is 0.867. The summed E-state index contributed by atoms with van der Waals surface area (Å²) in [5, 5.41) is 0. The third-order valence-electron chi connectivity index (χ3n) is 5.31. The van der Waals surface area contributed by atoms with Gasteiger partial charge in [-0.3, -0.25) is 4.79 Å². The van der Waals surface area contributed by atoms with Gasteiger partial charge in [0.15, 0.2) is 5.82 Å². The third kappa shape index (κ3) is 3.05. The second kappa shape index (κ2) is 6.71. The van der Waals surface area contributed by atoms with Crippen LogP contribution in [0.2, 0.25) is 0 Å². The third-order valence-corrected chi connectivity index (χ3v) is 5.31. The van der Waals surface area contributed by atoms with E-state index in [9.17, 15) is 4.79 Å². The molecule has 0 spiro atoms. The van der Waals surface area contributed by atoms with Crippen LogP contribution < -0.4 is 0 Å². The molecule has 1 amide bonds. The summed E-state index contributed by atoms with van der Waals surface area (Å²) in [5.41, 5.74) is 2.10. The molecule has 2 aliphatic rings. The smallest absolute Gasteiger partial charge is 0.225 e. The summed E-state index contributed by atoms with van der Waals surface area (Å²) >= 11 is 0. The lowest BCUT2D eigenvalue weighted by molar-refractivity contribution is -0.139. The van der Waals surface area contributed by atoms with Crippen LogP contribution in [0.3, 0.4) is 0 Å². The van der Waals surface area contributed by atoms with Crippen LogP contribution in [0.4, 0.5) is 0 Å². The van der Waals surface area contributed by atoms with E-state index in [1.165, 1.54) is 6.42 Å². The second-order valence-electron chi connectivity index (χ2n) is 6.92. The van der Waals surface area contributed by atoms with Crippen LogP contribution in [0.5, 0.6) is 0 Å². The number of hydrogen-bond donors (Lipinski definition) is 0. The molecule has 1 aromatic heterocycles. The number of likely N-dealkylation sites (tertiary alicyclic amines) is 1. The highest BCUT2D eigenvalue weighted by molar-refractivity contribution is 5.79. The standard InChI is InChI=1S/C20H23N3O/c24-20(16-8-4-9-16)23-13-5-10-17(14-23)18-11-12-21-19(22-18)15-6-2-1-3-7-15/h1-3,6-7,11-12,16-17H,4-5,8-10,13-14H2/t17-/m1/s1. The zero-order valence-corrected chi connectivity index (χ0v) is 13.9. The summed E-state index contributed by atoms with van der Waals surface area (Å²) in [5.74, 6) is 1.75. The number of piperidine rings is 1. The molecule has 0 N–H and O–H groups in total. The molecule has 1 aliphatic carbocycles. The van der Waals surface area contributed by atoms with Crippen LogP contribution >= 0.6 is 0 Å².